The normalized spacial score (nSPS) is 13.7. The van der Waals surface area contributed by atoms with Gasteiger partial charge in [0.15, 0.2) is 11.7 Å². The molecule has 4 rings (SSSR count). The second-order valence-electron chi connectivity index (χ2n) is 7.09. The molecule has 2 heterocycles. The van der Waals surface area contributed by atoms with Gasteiger partial charge >= 0.3 is 0 Å². The van der Waals surface area contributed by atoms with Gasteiger partial charge in [0.05, 0.1) is 10.3 Å². The number of ether oxygens (including phenoxy) is 1. The van der Waals surface area contributed by atoms with Gasteiger partial charge in [0, 0.05) is 41.5 Å². The molecule has 2 aromatic carbocycles. The minimum absolute atomic E-state index is 0.0576. The first-order chi connectivity index (χ1) is 15.6. The Kier molecular flexibility index (Phi) is 7.72. The number of para-hydroxylation sites is 1. The van der Waals surface area contributed by atoms with Crippen molar-refractivity contribution in [3.05, 3.63) is 65.0 Å². The van der Waals surface area contributed by atoms with E-state index in [0.29, 0.717) is 16.3 Å². The predicted molar refractivity (Wildman–Crippen MR) is 133 cm³/mol. The van der Waals surface area contributed by atoms with Crippen molar-refractivity contribution < 1.29 is 14.3 Å². The van der Waals surface area contributed by atoms with Crippen LogP contribution in [0.4, 0.5) is 5.13 Å². The molecule has 0 atom stereocenters. The number of rotatable bonds is 8. The Hall–Kier alpha value is -2.49. The average Bonchev–Trinajstić information content (AvgIpc) is 3.49. The van der Waals surface area contributed by atoms with E-state index in [0.717, 1.165) is 39.6 Å². The highest BCUT2D eigenvalue weighted by atomic mass is 32.2. The molecule has 2 N–H and O–H groups in total. The van der Waals surface area contributed by atoms with E-state index in [1.165, 1.54) is 18.3 Å². The zero-order chi connectivity index (χ0) is 22.3. The lowest BCUT2D eigenvalue weighted by molar-refractivity contribution is -0.119. The molecular formula is C23H23N3O3S3. The summed E-state index contributed by atoms with van der Waals surface area (Å²) in [5.41, 5.74) is 3.88. The van der Waals surface area contributed by atoms with Crippen LogP contribution in [0.15, 0.2) is 53.9 Å². The number of anilines is 1. The first kappa shape index (κ1) is 22.7. The third kappa shape index (κ3) is 6.05. The van der Waals surface area contributed by atoms with Crippen molar-refractivity contribution in [2.45, 2.75) is 18.1 Å². The summed E-state index contributed by atoms with van der Waals surface area (Å²) in [6.07, 6.45) is 0. The SMILES string of the molecule is CC(=O)NCc1ccc(-c2csc(NC(=O)COc3ccccc3C3SCCS3)n2)cc1. The van der Waals surface area contributed by atoms with Crippen LogP contribution in [0.3, 0.4) is 0 Å². The second kappa shape index (κ2) is 10.9. The summed E-state index contributed by atoms with van der Waals surface area (Å²) >= 11 is 5.19. The molecule has 1 fully saturated rings. The Morgan fingerprint density at radius 1 is 1.09 bits per heavy atom. The lowest BCUT2D eigenvalue weighted by Gasteiger charge is -2.14. The minimum Gasteiger partial charge on any atom is -0.483 e. The summed E-state index contributed by atoms with van der Waals surface area (Å²) in [5, 5.41) is 8.04. The molecular weight excluding hydrogens is 462 g/mol. The van der Waals surface area contributed by atoms with Crippen molar-refractivity contribution in [2.24, 2.45) is 0 Å². The van der Waals surface area contributed by atoms with Crippen LogP contribution in [0.1, 0.15) is 22.6 Å². The molecule has 1 saturated heterocycles. The van der Waals surface area contributed by atoms with Crippen LogP contribution < -0.4 is 15.4 Å². The molecule has 3 aromatic rings. The Morgan fingerprint density at radius 2 is 1.84 bits per heavy atom. The lowest BCUT2D eigenvalue weighted by Crippen LogP contribution is -2.20. The number of hydrogen-bond donors (Lipinski definition) is 2. The van der Waals surface area contributed by atoms with Gasteiger partial charge in [0.1, 0.15) is 5.75 Å². The van der Waals surface area contributed by atoms with Gasteiger partial charge < -0.3 is 10.1 Å². The third-order valence-electron chi connectivity index (χ3n) is 4.70. The van der Waals surface area contributed by atoms with E-state index in [9.17, 15) is 9.59 Å². The number of aromatic nitrogens is 1. The average molecular weight is 486 g/mol. The Morgan fingerprint density at radius 3 is 2.59 bits per heavy atom. The topological polar surface area (TPSA) is 80.3 Å². The zero-order valence-electron chi connectivity index (χ0n) is 17.5. The van der Waals surface area contributed by atoms with Gasteiger partial charge in [0.2, 0.25) is 5.91 Å². The highest BCUT2D eigenvalue weighted by Gasteiger charge is 2.22. The molecule has 0 unspecified atom stereocenters. The largest absolute Gasteiger partial charge is 0.483 e. The van der Waals surface area contributed by atoms with E-state index >= 15 is 0 Å². The number of amides is 2. The summed E-state index contributed by atoms with van der Waals surface area (Å²) in [4.78, 5) is 28.0. The van der Waals surface area contributed by atoms with Gasteiger partial charge in [-0.25, -0.2) is 4.98 Å². The van der Waals surface area contributed by atoms with Crippen LogP contribution >= 0.6 is 34.9 Å². The van der Waals surface area contributed by atoms with Crippen molar-refractivity contribution in [1.29, 1.82) is 0 Å². The van der Waals surface area contributed by atoms with E-state index in [2.05, 4.69) is 21.7 Å². The van der Waals surface area contributed by atoms with Crippen LogP contribution in [-0.4, -0.2) is 34.9 Å². The molecule has 0 saturated carbocycles. The smallest absolute Gasteiger partial charge is 0.264 e. The summed E-state index contributed by atoms with van der Waals surface area (Å²) < 4.78 is 6.20. The van der Waals surface area contributed by atoms with E-state index in [4.69, 9.17) is 4.74 Å². The van der Waals surface area contributed by atoms with Gasteiger partial charge in [-0.2, -0.15) is 0 Å². The number of hydrogen-bond acceptors (Lipinski definition) is 7. The highest BCUT2D eigenvalue weighted by Crippen LogP contribution is 2.48. The summed E-state index contributed by atoms with van der Waals surface area (Å²) in [5.74, 6) is 2.73. The van der Waals surface area contributed by atoms with Crippen LogP contribution in [-0.2, 0) is 16.1 Å². The fraction of sp³-hybridized carbons (Fsp3) is 0.261. The molecule has 1 aliphatic rings. The van der Waals surface area contributed by atoms with Crippen molar-refractivity contribution in [1.82, 2.24) is 10.3 Å². The van der Waals surface area contributed by atoms with Crippen LogP contribution in [0.25, 0.3) is 11.3 Å². The fourth-order valence-electron chi connectivity index (χ4n) is 3.13. The number of nitrogens with one attached hydrogen (secondary N) is 2. The van der Waals surface area contributed by atoms with E-state index in [-0.39, 0.29) is 18.4 Å². The number of benzene rings is 2. The standard InChI is InChI=1S/C23H23N3O3S3/c1-15(27)24-12-16-6-8-17(9-7-16)19-14-32-23(25-19)26-21(28)13-29-20-5-3-2-4-18(20)22-30-10-11-31-22/h2-9,14,22H,10-13H2,1H3,(H,24,27)(H,25,26,28). The fourth-order valence-corrected chi connectivity index (χ4v) is 6.77. The second-order valence-corrected chi connectivity index (χ2v) is 10.7. The number of carbonyl (C=O) groups excluding carboxylic acids is 2. The molecule has 6 nitrogen and oxygen atoms in total. The zero-order valence-corrected chi connectivity index (χ0v) is 19.9. The predicted octanol–water partition coefficient (Wildman–Crippen LogP) is 4.94. The molecule has 0 spiro atoms. The van der Waals surface area contributed by atoms with Crippen molar-refractivity contribution in [3.8, 4) is 17.0 Å². The maximum Gasteiger partial charge on any atom is 0.264 e. The number of carbonyl (C=O) groups is 2. The Bertz CT molecular complexity index is 1080. The van der Waals surface area contributed by atoms with E-state index in [1.807, 2.05) is 71.4 Å². The molecule has 0 bridgehead atoms. The molecule has 1 aromatic heterocycles. The molecule has 0 radical (unpaired) electrons. The first-order valence-corrected chi connectivity index (χ1v) is 13.1. The van der Waals surface area contributed by atoms with E-state index < -0.39 is 0 Å². The number of thioether (sulfide) groups is 2. The van der Waals surface area contributed by atoms with E-state index in [1.54, 1.807) is 0 Å². The summed E-state index contributed by atoms with van der Waals surface area (Å²) in [7, 11) is 0. The monoisotopic (exact) mass is 485 g/mol. The van der Waals surface area contributed by atoms with Crippen LogP contribution in [0.2, 0.25) is 0 Å². The number of thiazole rings is 1. The Balaban J connectivity index is 1.32. The quantitative estimate of drug-likeness (QED) is 0.470. The Labute approximate surface area is 199 Å². The molecule has 9 heteroatoms. The summed E-state index contributed by atoms with van der Waals surface area (Å²) in [6, 6.07) is 15.7. The highest BCUT2D eigenvalue weighted by molar-refractivity contribution is 8.19. The van der Waals surface area contributed by atoms with Gasteiger partial charge in [-0.05, 0) is 11.6 Å². The van der Waals surface area contributed by atoms with Crippen molar-refractivity contribution >= 4 is 51.8 Å². The van der Waals surface area contributed by atoms with Gasteiger partial charge in [-0.3, -0.25) is 14.9 Å². The minimum atomic E-state index is -0.238. The van der Waals surface area contributed by atoms with Crippen LogP contribution in [0, 0.1) is 0 Å². The van der Waals surface area contributed by atoms with Gasteiger partial charge in [-0.15, -0.1) is 34.9 Å². The molecule has 0 aliphatic carbocycles. The molecule has 32 heavy (non-hydrogen) atoms. The molecule has 166 valence electrons. The molecule has 2 amide bonds. The third-order valence-corrected chi connectivity index (χ3v) is 8.52. The summed E-state index contributed by atoms with van der Waals surface area (Å²) in [6.45, 7) is 1.93. The first-order valence-electron chi connectivity index (χ1n) is 10.1. The van der Waals surface area contributed by atoms with Crippen LogP contribution in [0.5, 0.6) is 5.75 Å². The van der Waals surface area contributed by atoms with Crippen molar-refractivity contribution in [3.63, 3.8) is 0 Å². The number of nitrogens with zero attached hydrogens (tertiary/aromatic N) is 1. The lowest BCUT2D eigenvalue weighted by atomic mass is 10.1. The van der Waals surface area contributed by atoms with Crippen molar-refractivity contribution in [2.75, 3.05) is 23.4 Å². The van der Waals surface area contributed by atoms with Gasteiger partial charge in [0.25, 0.3) is 5.91 Å². The molecule has 1 aliphatic heterocycles. The maximum atomic E-state index is 12.4. The van der Waals surface area contributed by atoms with Gasteiger partial charge in [-0.1, -0.05) is 42.5 Å². The maximum absolute atomic E-state index is 12.4.